The topological polar surface area (TPSA) is 43.8 Å². The molecule has 0 radical (unpaired) electrons. The molecule has 3 aromatic rings. The number of hydrogen-bond donors (Lipinski definition) is 1. The Bertz CT molecular complexity index is 742. The summed E-state index contributed by atoms with van der Waals surface area (Å²) in [4.78, 5) is 5.75. The largest absolute Gasteiger partial charge is 0.391 e. The van der Waals surface area contributed by atoms with Crippen molar-refractivity contribution < 1.29 is 0 Å². The van der Waals surface area contributed by atoms with E-state index in [9.17, 15) is 0 Å². The van der Waals surface area contributed by atoms with Gasteiger partial charge in [0.05, 0.1) is 25.9 Å². The third-order valence-electron chi connectivity index (χ3n) is 2.98. The van der Waals surface area contributed by atoms with Gasteiger partial charge >= 0.3 is 0 Å². The van der Waals surface area contributed by atoms with Crippen LogP contribution in [0.2, 0.25) is 5.02 Å². The molecule has 5 heteroatoms. The molecule has 2 heterocycles. The maximum absolute atomic E-state index is 6.23. The van der Waals surface area contributed by atoms with Crippen molar-refractivity contribution in [3.63, 3.8) is 0 Å². The number of aryl methyl sites for hydroxylation is 2. The van der Waals surface area contributed by atoms with Gasteiger partial charge in [-0.25, -0.2) is 4.98 Å². The third kappa shape index (κ3) is 1.61. The summed E-state index contributed by atoms with van der Waals surface area (Å²) in [6.07, 6.45) is 0. The Balaban J connectivity index is 2.34. The Labute approximate surface area is 114 Å². The lowest BCUT2D eigenvalue weighted by atomic mass is 10.3. The molecule has 0 bridgehead atoms. The lowest BCUT2D eigenvalue weighted by Crippen LogP contribution is -1.92. The Hall–Kier alpha value is -1.52. The Morgan fingerprint density at radius 1 is 1.39 bits per heavy atom. The zero-order valence-corrected chi connectivity index (χ0v) is 11.6. The number of thiophene rings is 1. The molecular formula is C13H12ClN3S. The van der Waals surface area contributed by atoms with Crippen molar-refractivity contribution in [1.82, 2.24) is 9.55 Å². The number of benzene rings is 1. The molecule has 0 atom stereocenters. The number of nitrogens with zero attached hydrogens (tertiary/aromatic N) is 2. The van der Waals surface area contributed by atoms with E-state index in [1.54, 1.807) is 11.3 Å². The molecule has 0 aliphatic rings. The van der Waals surface area contributed by atoms with E-state index in [4.69, 9.17) is 17.3 Å². The minimum Gasteiger partial charge on any atom is -0.391 e. The smallest absolute Gasteiger partial charge is 0.151 e. The predicted molar refractivity (Wildman–Crippen MR) is 78.2 cm³/mol. The first-order chi connectivity index (χ1) is 8.58. The molecular weight excluding hydrogens is 266 g/mol. The van der Waals surface area contributed by atoms with E-state index < -0.39 is 0 Å². The summed E-state index contributed by atoms with van der Waals surface area (Å²) in [5, 5.41) is 1.52. The first kappa shape index (κ1) is 11.6. The predicted octanol–water partition coefficient (Wildman–Crippen LogP) is 3.85. The van der Waals surface area contributed by atoms with Gasteiger partial charge in [0, 0.05) is 7.05 Å². The summed E-state index contributed by atoms with van der Waals surface area (Å²) in [5.74, 6) is 0.914. The van der Waals surface area contributed by atoms with Crippen molar-refractivity contribution in [1.29, 1.82) is 0 Å². The first-order valence-corrected chi connectivity index (χ1v) is 6.74. The van der Waals surface area contributed by atoms with Crippen LogP contribution in [-0.4, -0.2) is 9.55 Å². The Morgan fingerprint density at radius 3 is 2.78 bits per heavy atom. The van der Waals surface area contributed by atoms with Gasteiger partial charge in [0.25, 0.3) is 0 Å². The average molecular weight is 278 g/mol. The molecule has 0 aliphatic heterocycles. The fourth-order valence-corrected chi connectivity index (χ4v) is 3.41. The van der Waals surface area contributed by atoms with Crippen molar-refractivity contribution in [3.8, 4) is 10.7 Å². The molecule has 0 unspecified atom stereocenters. The Kier molecular flexibility index (Phi) is 2.57. The summed E-state index contributed by atoms with van der Waals surface area (Å²) in [6, 6.07) is 7.74. The van der Waals surface area contributed by atoms with Crippen LogP contribution in [0, 0.1) is 6.92 Å². The van der Waals surface area contributed by atoms with Gasteiger partial charge in [0.1, 0.15) is 0 Å². The van der Waals surface area contributed by atoms with Crippen molar-refractivity contribution in [2.75, 3.05) is 5.73 Å². The van der Waals surface area contributed by atoms with Gasteiger partial charge < -0.3 is 10.3 Å². The molecule has 3 nitrogen and oxygen atoms in total. The van der Waals surface area contributed by atoms with Gasteiger partial charge in [-0.1, -0.05) is 17.7 Å². The maximum Gasteiger partial charge on any atom is 0.151 e. The van der Waals surface area contributed by atoms with Crippen LogP contribution in [0.5, 0.6) is 0 Å². The average Bonchev–Trinajstić information content (AvgIpc) is 2.80. The van der Waals surface area contributed by atoms with Crippen LogP contribution in [0.15, 0.2) is 24.3 Å². The molecule has 92 valence electrons. The van der Waals surface area contributed by atoms with Gasteiger partial charge in [-0.2, -0.15) is 0 Å². The van der Waals surface area contributed by atoms with E-state index in [1.807, 2.05) is 42.8 Å². The summed E-state index contributed by atoms with van der Waals surface area (Å²) < 4.78 is 2.02. The molecule has 0 fully saturated rings. The number of anilines is 1. The molecule has 1 aromatic carbocycles. The van der Waals surface area contributed by atoms with E-state index in [-0.39, 0.29) is 0 Å². The second-order valence-corrected chi connectivity index (χ2v) is 5.75. The second kappa shape index (κ2) is 4.00. The normalized spacial score (nSPS) is 11.3. The molecule has 0 saturated heterocycles. The van der Waals surface area contributed by atoms with Crippen molar-refractivity contribution in [2.24, 2.45) is 7.05 Å². The zero-order chi connectivity index (χ0) is 12.9. The lowest BCUT2D eigenvalue weighted by Gasteiger charge is -2.01. The summed E-state index contributed by atoms with van der Waals surface area (Å²) in [7, 11) is 1.98. The van der Waals surface area contributed by atoms with E-state index in [0.717, 1.165) is 37.3 Å². The summed E-state index contributed by atoms with van der Waals surface area (Å²) >= 11 is 7.78. The minimum absolute atomic E-state index is 0.718. The highest BCUT2D eigenvalue weighted by Gasteiger charge is 2.15. The number of imidazole rings is 1. The van der Waals surface area contributed by atoms with Gasteiger partial charge in [-0.05, 0) is 30.7 Å². The van der Waals surface area contributed by atoms with Crippen LogP contribution in [0.25, 0.3) is 21.7 Å². The van der Waals surface area contributed by atoms with Gasteiger partial charge in [0.2, 0.25) is 0 Å². The van der Waals surface area contributed by atoms with E-state index >= 15 is 0 Å². The molecule has 0 amide bonds. The standard InChI is InChI=1S/C13H12ClN3S/c1-7-6-10(15)18-12(7)13-16-9-5-3-4-8(14)11(9)17(13)2/h3-6H,15H2,1-2H3. The summed E-state index contributed by atoms with van der Waals surface area (Å²) in [5.41, 5.74) is 8.86. The van der Waals surface area contributed by atoms with E-state index in [0.29, 0.717) is 0 Å². The fourth-order valence-electron chi connectivity index (χ4n) is 2.15. The molecule has 2 N–H and O–H groups in total. The quantitative estimate of drug-likeness (QED) is 0.734. The number of nitrogen functional groups attached to an aromatic ring is 1. The zero-order valence-electron chi connectivity index (χ0n) is 10.1. The highest BCUT2D eigenvalue weighted by Crippen LogP contribution is 2.35. The van der Waals surface area contributed by atoms with E-state index in [2.05, 4.69) is 4.98 Å². The molecule has 18 heavy (non-hydrogen) atoms. The molecule has 0 saturated carbocycles. The van der Waals surface area contributed by atoms with Gasteiger partial charge in [0.15, 0.2) is 5.82 Å². The number of para-hydroxylation sites is 1. The van der Waals surface area contributed by atoms with E-state index in [1.165, 1.54) is 0 Å². The Morgan fingerprint density at radius 2 is 2.17 bits per heavy atom. The number of fused-ring (bicyclic) bond motifs is 1. The van der Waals surface area contributed by atoms with Crippen LogP contribution >= 0.6 is 22.9 Å². The maximum atomic E-state index is 6.23. The molecule has 2 aromatic heterocycles. The fraction of sp³-hybridized carbons (Fsp3) is 0.154. The van der Waals surface area contributed by atoms with Crippen molar-refractivity contribution in [2.45, 2.75) is 6.92 Å². The van der Waals surface area contributed by atoms with Crippen LogP contribution < -0.4 is 5.73 Å². The number of halogens is 1. The number of nitrogens with two attached hydrogens (primary N) is 1. The molecule has 3 rings (SSSR count). The third-order valence-corrected chi connectivity index (χ3v) is 4.35. The van der Waals surface area contributed by atoms with Crippen molar-refractivity contribution in [3.05, 3.63) is 34.9 Å². The summed E-state index contributed by atoms with van der Waals surface area (Å²) in [6.45, 7) is 2.04. The highest BCUT2D eigenvalue weighted by molar-refractivity contribution is 7.19. The monoisotopic (exact) mass is 277 g/mol. The number of rotatable bonds is 1. The van der Waals surface area contributed by atoms with Gasteiger partial charge in [-0.3, -0.25) is 0 Å². The first-order valence-electron chi connectivity index (χ1n) is 5.55. The SMILES string of the molecule is Cc1cc(N)sc1-c1nc2cccc(Cl)c2n1C. The van der Waals surface area contributed by atoms with Crippen LogP contribution in [-0.2, 0) is 7.05 Å². The second-order valence-electron chi connectivity index (χ2n) is 4.26. The van der Waals surface area contributed by atoms with Crippen molar-refractivity contribution >= 4 is 39.0 Å². The molecule has 0 aliphatic carbocycles. The molecule has 0 spiro atoms. The van der Waals surface area contributed by atoms with Crippen LogP contribution in [0.3, 0.4) is 0 Å². The lowest BCUT2D eigenvalue weighted by molar-refractivity contribution is 0.961. The van der Waals surface area contributed by atoms with Gasteiger partial charge in [-0.15, -0.1) is 11.3 Å². The highest BCUT2D eigenvalue weighted by atomic mass is 35.5. The van der Waals surface area contributed by atoms with Crippen LogP contribution in [0.4, 0.5) is 5.00 Å². The van der Waals surface area contributed by atoms with Crippen LogP contribution in [0.1, 0.15) is 5.56 Å². The number of hydrogen-bond acceptors (Lipinski definition) is 3. The minimum atomic E-state index is 0.718. The number of aromatic nitrogens is 2.